The number of fused-ring (bicyclic) bond motifs is 1. The van der Waals surface area contributed by atoms with Gasteiger partial charge in [0.05, 0.1) is 6.54 Å². The van der Waals surface area contributed by atoms with Crippen molar-refractivity contribution in [2.24, 2.45) is 0 Å². The van der Waals surface area contributed by atoms with Crippen LogP contribution in [0.4, 0.5) is 4.79 Å². The number of nitrogens with zero attached hydrogens (tertiary/aromatic N) is 2. The summed E-state index contributed by atoms with van der Waals surface area (Å²) in [6, 6.07) is 14.6. The number of urea groups is 1. The number of hydrogen-bond acceptors (Lipinski definition) is 2. The molecule has 1 N–H and O–H groups in total. The van der Waals surface area contributed by atoms with Gasteiger partial charge in [0.1, 0.15) is 0 Å². The van der Waals surface area contributed by atoms with Crippen molar-refractivity contribution in [3.8, 4) is 0 Å². The van der Waals surface area contributed by atoms with Gasteiger partial charge < -0.3 is 15.1 Å². The van der Waals surface area contributed by atoms with Crippen LogP contribution in [0, 0.1) is 0 Å². The topological polar surface area (TPSA) is 52.7 Å². The minimum Gasteiger partial charge on any atom is -0.341 e. The summed E-state index contributed by atoms with van der Waals surface area (Å²) in [6.45, 7) is 2.96. The van der Waals surface area contributed by atoms with E-state index in [0.29, 0.717) is 13.1 Å². The van der Waals surface area contributed by atoms with Gasteiger partial charge in [-0.3, -0.25) is 4.79 Å². The van der Waals surface area contributed by atoms with Crippen molar-refractivity contribution >= 4 is 28.3 Å². The number of carbonyl (C=O) groups excluding carboxylic acids is 2. The molecule has 2 aliphatic heterocycles. The molecule has 2 aromatic carbocycles. The van der Waals surface area contributed by atoms with Crippen LogP contribution in [0.1, 0.15) is 24.8 Å². The van der Waals surface area contributed by atoms with Gasteiger partial charge in [0.2, 0.25) is 5.91 Å². The number of hydrogen-bond donors (Lipinski definition) is 1. The molecule has 0 radical (unpaired) electrons. The van der Waals surface area contributed by atoms with Crippen LogP contribution in [0.15, 0.2) is 48.5 Å². The van der Waals surface area contributed by atoms with Crippen LogP contribution >= 0.6 is 0 Å². The van der Waals surface area contributed by atoms with Crippen LogP contribution in [-0.2, 0) is 4.79 Å². The third-order valence-electron chi connectivity index (χ3n) is 5.48. The lowest BCUT2D eigenvalue weighted by Crippen LogP contribution is -2.46. The molecule has 4 rings (SSSR count). The summed E-state index contributed by atoms with van der Waals surface area (Å²) in [5, 5.41) is 5.26. The van der Waals surface area contributed by atoms with Crippen LogP contribution in [0.25, 0.3) is 16.3 Å². The van der Waals surface area contributed by atoms with E-state index in [1.165, 1.54) is 21.9 Å². The zero-order valence-corrected chi connectivity index (χ0v) is 15.5. The molecule has 0 aliphatic carbocycles. The summed E-state index contributed by atoms with van der Waals surface area (Å²) in [5.41, 5.74) is 2.53. The van der Waals surface area contributed by atoms with Gasteiger partial charge in [-0.2, -0.15) is 0 Å². The highest BCUT2D eigenvalue weighted by molar-refractivity contribution is 5.94. The highest BCUT2D eigenvalue weighted by Gasteiger charge is 2.21. The molecule has 27 heavy (non-hydrogen) atoms. The van der Waals surface area contributed by atoms with Gasteiger partial charge >= 0.3 is 6.03 Å². The van der Waals surface area contributed by atoms with Crippen molar-refractivity contribution in [1.82, 2.24) is 15.1 Å². The van der Waals surface area contributed by atoms with Crippen molar-refractivity contribution in [1.29, 1.82) is 0 Å². The zero-order chi connectivity index (χ0) is 18.6. The number of carbonyl (C=O) groups is 2. The van der Waals surface area contributed by atoms with Gasteiger partial charge in [-0.05, 0) is 41.2 Å². The van der Waals surface area contributed by atoms with Gasteiger partial charge in [-0.15, -0.1) is 0 Å². The SMILES string of the molecule is O=C(CNC(=O)N1CC=C(c2cccc3ccccc23)CC1)N1CCCC1. The molecule has 5 heteroatoms. The highest BCUT2D eigenvalue weighted by Crippen LogP contribution is 2.29. The maximum Gasteiger partial charge on any atom is 0.318 e. The predicted octanol–water partition coefficient (Wildman–Crippen LogP) is 3.26. The summed E-state index contributed by atoms with van der Waals surface area (Å²) in [6.07, 6.45) is 5.08. The smallest absolute Gasteiger partial charge is 0.318 e. The second-order valence-corrected chi connectivity index (χ2v) is 7.20. The summed E-state index contributed by atoms with van der Waals surface area (Å²) < 4.78 is 0. The van der Waals surface area contributed by atoms with E-state index in [1.54, 1.807) is 4.90 Å². The average Bonchev–Trinajstić information content (AvgIpc) is 3.26. The maximum atomic E-state index is 12.4. The molecular weight excluding hydrogens is 338 g/mol. The fourth-order valence-electron chi connectivity index (χ4n) is 3.95. The second-order valence-electron chi connectivity index (χ2n) is 7.20. The van der Waals surface area contributed by atoms with Gasteiger partial charge in [0.25, 0.3) is 0 Å². The van der Waals surface area contributed by atoms with E-state index < -0.39 is 0 Å². The number of amides is 3. The van der Waals surface area contributed by atoms with Crippen LogP contribution < -0.4 is 5.32 Å². The Morgan fingerprint density at radius 3 is 2.48 bits per heavy atom. The van der Waals surface area contributed by atoms with E-state index in [4.69, 9.17) is 0 Å². The van der Waals surface area contributed by atoms with Crippen molar-refractivity contribution in [3.05, 3.63) is 54.1 Å². The summed E-state index contributed by atoms with van der Waals surface area (Å²) in [4.78, 5) is 28.1. The van der Waals surface area contributed by atoms with Gasteiger partial charge in [-0.1, -0.05) is 48.5 Å². The quantitative estimate of drug-likeness (QED) is 0.910. The molecule has 5 nitrogen and oxygen atoms in total. The number of likely N-dealkylation sites (tertiary alicyclic amines) is 1. The normalized spacial score (nSPS) is 17.1. The molecule has 2 heterocycles. The van der Waals surface area contributed by atoms with Crippen molar-refractivity contribution in [3.63, 3.8) is 0 Å². The first-order valence-electron chi connectivity index (χ1n) is 9.70. The Kier molecular flexibility index (Phi) is 5.10. The lowest BCUT2D eigenvalue weighted by atomic mass is 9.94. The molecule has 0 atom stereocenters. The lowest BCUT2D eigenvalue weighted by molar-refractivity contribution is -0.129. The van der Waals surface area contributed by atoms with E-state index in [-0.39, 0.29) is 18.5 Å². The van der Waals surface area contributed by atoms with Gasteiger partial charge in [0, 0.05) is 26.2 Å². The lowest BCUT2D eigenvalue weighted by Gasteiger charge is -2.27. The molecule has 0 aromatic heterocycles. The Morgan fingerprint density at radius 1 is 0.926 bits per heavy atom. The van der Waals surface area contributed by atoms with Crippen LogP contribution in [-0.4, -0.2) is 54.5 Å². The van der Waals surface area contributed by atoms with Crippen molar-refractivity contribution in [2.45, 2.75) is 19.3 Å². The van der Waals surface area contributed by atoms with E-state index in [9.17, 15) is 9.59 Å². The Morgan fingerprint density at radius 2 is 1.70 bits per heavy atom. The maximum absolute atomic E-state index is 12.4. The third-order valence-corrected chi connectivity index (χ3v) is 5.48. The van der Waals surface area contributed by atoms with E-state index in [1.807, 2.05) is 4.90 Å². The highest BCUT2D eigenvalue weighted by atomic mass is 16.2. The van der Waals surface area contributed by atoms with Crippen molar-refractivity contribution < 1.29 is 9.59 Å². The Bertz CT molecular complexity index is 879. The third kappa shape index (κ3) is 3.82. The van der Waals surface area contributed by atoms with Crippen LogP contribution in [0.5, 0.6) is 0 Å². The summed E-state index contributed by atoms with van der Waals surface area (Å²) in [5.74, 6) is 0.0184. The first kappa shape index (κ1) is 17.6. The summed E-state index contributed by atoms with van der Waals surface area (Å²) >= 11 is 0. The molecule has 1 fully saturated rings. The van der Waals surface area contributed by atoms with Gasteiger partial charge in [0.15, 0.2) is 0 Å². The monoisotopic (exact) mass is 363 g/mol. The average molecular weight is 363 g/mol. The molecule has 3 amide bonds. The van der Waals surface area contributed by atoms with E-state index in [2.05, 4.69) is 53.9 Å². The molecular formula is C22H25N3O2. The Balaban J connectivity index is 1.38. The molecule has 2 aliphatic rings. The molecule has 0 spiro atoms. The number of rotatable bonds is 3. The molecule has 0 saturated carbocycles. The van der Waals surface area contributed by atoms with E-state index >= 15 is 0 Å². The van der Waals surface area contributed by atoms with Gasteiger partial charge in [-0.25, -0.2) is 4.79 Å². The molecule has 1 saturated heterocycles. The second kappa shape index (κ2) is 7.82. The van der Waals surface area contributed by atoms with Crippen LogP contribution in [0.3, 0.4) is 0 Å². The minimum absolute atomic E-state index is 0.0184. The fourth-order valence-corrected chi connectivity index (χ4v) is 3.95. The number of nitrogens with one attached hydrogen (secondary N) is 1. The fraction of sp³-hybridized carbons (Fsp3) is 0.364. The number of benzene rings is 2. The Hall–Kier alpha value is -2.82. The standard InChI is InChI=1S/C22H25N3O2/c26-21(24-12-3-4-13-24)16-23-22(27)25-14-10-18(11-15-25)20-9-5-7-17-6-1-2-8-19(17)20/h1-2,5-10H,3-4,11-16H2,(H,23,27). The first-order chi connectivity index (χ1) is 13.2. The summed E-state index contributed by atoms with van der Waals surface area (Å²) in [7, 11) is 0. The van der Waals surface area contributed by atoms with Crippen molar-refractivity contribution in [2.75, 3.05) is 32.7 Å². The molecule has 0 unspecified atom stereocenters. The van der Waals surface area contributed by atoms with E-state index in [0.717, 1.165) is 32.4 Å². The van der Waals surface area contributed by atoms with Crippen LogP contribution in [0.2, 0.25) is 0 Å². The first-order valence-corrected chi connectivity index (χ1v) is 9.70. The zero-order valence-electron chi connectivity index (χ0n) is 15.5. The molecule has 140 valence electrons. The molecule has 0 bridgehead atoms. The minimum atomic E-state index is -0.157. The largest absolute Gasteiger partial charge is 0.341 e. The Labute approximate surface area is 159 Å². The predicted molar refractivity (Wildman–Crippen MR) is 107 cm³/mol. The molecule has 2 aromatic rings.